The van der Waals surface area contributed by atoms with E-state index in [0.29, 0.717) is 24.0 Å². The van der Waals surface area contributed by atoms with Crippen molar-refractivity contribution < 1.29 is 9.90 Å². The number of pyridine rings is 1. The molecule has 0 spiro atoms. The van der Waals surface area contributed by atoms with Gasteiger partial charge in [-0.3, -0.25) is 14.2 Å². The van der Waals surface area contributed by atoms with E-state index in [4.69, 9.17) is 0 Å². The van der Waals surface area contributed by atoms with Crippen molar-refractivity contribution in [3.05, 3.63) is 35.0 Å². The van der Waals surface area contributed by atoms with Crippen molar-refractivity contribution in [2.75, 3.05) is 6.54 Å². The highest BCUT2D eigenvalue weighted by Crippen LogP contribution is 2.11. The van der Waals surface area contributed by atoms with Gasteiger partial charge in [-0.15, -0.1) is 0 Å². The van der Waals surface area contributed by atoms with Crippen molar-refractivity contribution in [2.24, 2.45) is 0 Å². The summed E-state index contributed by atoms with van der Waals surface area (Å²) in [7, 11) is 0. The van der Waals surface area contributed by atoms with Gasteiger partial charge in [0.05, 0.1) is 18.0 Å². The molecule has 2 aromatic heterocycles. The minimum absolute atomic E-state index is 0.0401. The van der Waals surface area contributed by atoms with Gasteiger partial charge < -0.3 is 10.4 Å². The smallest absolute Gasteiger partial charge is 0.263 e. The van der Waals surface area contributed by atoms with E-state index < -0.39 is 6.10 Å². The summed E-state index contributed by atoms with van der Waals surface area (Å²) < 4.78 is 1.29. The van der Waals surface area contributed by atoms with E-state index in [9.17, 15) is 14.7 Å². The number of hydrogen-bond donors (Lipinski definition) is 2. The molecule has 1 aliphatic heterocycles. The number of Topliss-reactive ketones (excluding diaryl/α,β-unsaturated/α-hetero) is 1. The summed E-state index contributed by atoms with van der Waals surface area (Å²) in [6.45, 7) is 0.670. The lowest BCUT2D eigenvalue weighted by molar-refractivity contribution is -0.120. The molecule has 1 aliphatic rings. The van der Waals surface area contributed by atoms with Crippen molar-refractivity contribution in [2.45, 2.75) is 31.5 Å². The Balaban J connectivity index is 1.77. The van der Waals surface area contributed by atoms with Crippen LogP contribution in [0, 0.1) is 0 Å². The summed E-state index contributed by atoms with van der Waals surface area (Å²) in [5.41, 5.74) is 0.0976. The summed E-state index contributed by atoms with van der Waals surface area (Å²) >= 11 is 0. The molecule has 1 fully saturated rings. The number of aromatic nitrogens is 3. The summed E-state index contributed by atoms with van der Waals surface area (Å²) in [5.74, 6) is -0.111. The molecule has 0 radical (unpaired) electrons. The molecule has 0 amide bonds. The number of fused-ring (bicyclic) bond motifs is 1. The van der Waals surface area contributed by atoms with Crippen LogP contribution in [0.5, 0.6) is 0 Å². The molecule has 0 aromatic carbocycles. The van der Waals surface area contributed by atoms with Crippen LogP contribution in [0.15, 0.2) is 29.5 Å². The lowest BCUT2D eigenvalue weighted by Crippen LogP contribution is -2.34. The van der Waals surface area contributed by atoms with Crippen molar-refractivity contribution in [1.29, 1.82) is 0 Å². The van der Waals surface area contributed by atoms with Crippen molar-refractivity contribution in [3.63, 3.8) is 0 Å². The SMILES string of the molecule is O=C(C[C@H]1NCC[C@@H]1O)Cn1cnc2ncccc2c1=O. The summed E-state index contributed by atoms with van der Waals surface area (Å²) in [5, 5.41) is 13.2. The van der Waals surface area contributed by atoms with Crippen LogP contribution in [-0.2, 0) is 11.3 Å². The van der Waals surface area contributed by atoms with Gasteiger partial charge >= 0.3 is 0 Å². The standard InChI is InChI=1S/C14H16N4O3/c19-9(6-11-12(20)3-5-15-11)7-18-8-17-13-10(14(18)21)2-1-4-16-13/h1-2,4,8,11-12,15,20H,3,5-7H2/t11-,12+/m1/s1. The largest absolute Gasteiger partial charge is 0.391 e. The zero-order valence-corrected chi connectivity index (χ0v) is 11.4. The van der Waals surface area contributed by atoms with Crippen LogP contribution in [-0.4, -0.2) is 44.1 Å². The zero-order chi connectivity index (χ0) is 14.8. The lowest BCUT2D eigenvalue weighted by atomic mass is 10.1. The Kier molecular flexibility index (Phi) is 3.76. The minimum atomic E-state index is -0.496. The quantitative estimate of drug-likeness (QED) is 0.785. The van der Waals surface area contributed by atoms with Gasteiger partial charge in [0.25, 0.3) is 5.56 Å². The van der Waals surface area contributed by atoms with Crippen LogP contribution < -0.4 is 10.9 Å². The molecule has 110 valence electrons. The maximum atomic E-state index is 12.2. The van der Waals surface area contributed by atoms with E-state index in [0.717, 1.165) is 0 Å². The molecule has 2 N–H and O–H groups in total. The van der Waals surface area contributed by atoms with Gasteiger partial charge in [-0.05, 0) is 25.1 Å². The van der Waals surface area contributed by atoms with Gasteiger partial charge in [-0.25, -0.2) is 9.97 Å². The summed E-state index contributed by atoms with van der Waals surface area (Å²) in [6.07, 6.45) is 3.27. The molecule has 21 heavy (non-hydrogen) atoms. The van der Waals surface area contributed by atoms with E-state index in [1.165, 1.54) is 10.9 Å². The molecule has 3 rings (SSSR count). The molecule has 0 saturated carbocycles. The Bertz CT molecular complexity index is 727. The van der Waals surface area contributed by atoms with Gasteiger partial charge in [-0.1, -0.05) is 0 Å². The van der Waals surface area contributed by atoms with Crippen LogP contribution >= 0.6 is 0 Å². The lowest BCUT2D eigenvalue weighted by Gasteiger charge is -2.14. The molecule has 0 aliphatic carbocycles. The molecule has 7 heteroatoms. The van der Waals surface area contributed by atoms with E-state index in [-0.39, 0.29) is 30.3 Å². The molecule has 1 saturated heterocycles. The van der Waals surface area contributed by atoms with Crippen LogP contribution in [0.4, 0.5) is 0 Å². The molecule has 0 bridgehead atoms. The Morgan fingerprint density at radius 1 is 1.48 bits per heavy atom. The van der Waals surface area contributed by atoms with Gasteiger partial charge in [-0.2, -0.15) is 0 Å². The Hall–Kier alpha value is -2.12. The van der Waals surface area contributed by atoms with Crippen molar-refractivity contribution >= 4 is 16.8 Å². The van der Waals surface area contributed by atoms with E-state index >= 15 is 0 Å². The van der Waals surface area contributed by atoms with E-state index in [1.54, 1.807) is 18.3 Å². The number of rotatable bonds is 4. The first-order valence-electron chi connectivity index (χ1n) is 6.88. The van der Waals surface area contributed by atoms with E-state index in [1.807, 2.05) is 0 Å². The number of nitrogens with one attached hydrogen (secondary N) is 1. The third kappa shape index (κ3) is 2.84. The number of hydrogen-bond acceptors (Lipinski definition) is 6. The molecule has 0 unspecified atom stereocenters. The fourth-order valence-corrected chi connectivity index (χ4v) is 2.57. The molecule has 2 atom stereocenters. The van der Waals surface area contributed by atoms with Gasteiger partial charge in [0.15, 0.2) is 11.4 Å². The molecule has 7 nitrogen and oxygen atoms in total. The van der Waals surface area contributed by atoms with Gasteiger partial charge in [0.1, 0.15) is 6.33 Å². The van der Waals surface area contributed by atoms with Crippen LogP contribution in [0.1, 0.15) is 12.8 Å². The second-order valence-corrected chi connectivity index (χ2v) is 5.21. The predicted molar refractivity (Wildman–Crippen MR) is 75.8 cm³/mol. The minimum Gasteiger partial charge on any atom is -0.391 e. The van der Waals surface area contributed by atoms with Crippen molar-refractivity contribution in [3.8, 4) is 0 Å². The van der Waals surface area contributed by atoms with Crippen LogP contribution in [0.25, 0.3) is 11.0 Å². The number of aliphatic hydroxyl groups is 1. The van der Waals surface area contributed by atoms with Gasteiger partial charge in [0, 0.05) is 18.7 Å². The third-order valence-electron chi connectivity index (χ3n) is 3.70. The normalized spacial score (nSPS) is 21.8. The molecular weight excluding hydrogens is 272 g/mol. The first-order valence-corrected chi connectivity index (χ1v) is 6.88. The van der Waals surface area contributed by atoms with E-state index in [2.05, 4.69) is 15.3 Å². The predicted octanol–water partition coefficient (Wildman–Crippen LogP) is -0.527. The second-order valence-electron chi connectivity index (χ2n) is 5.21. The fourth-order valence-electron chi connectivity index (χ4n) is 2.57. The average molecular weight is 288 g/mol. The number of carbonyl (C=O) groups excluding carboxylic acids is 1. The fraction of sp³-hybridized carbons (Fsp3) is 0.429. The summed E-state index contributed by atoms with van der Waals surface area (Å²) in [6, 6.07) is 3.08. The second kappa shape index (κ2) is 5.71. The first-order chi connectivity index (χ1) is 10.1. The molecule has 2 aromatic rings. The highest BCUT2D eigenvalue weighted by atomic mass is 16.3. The molecular formula is C14H16N4O3. The molecule has 3 heterocycles. The zero-order valence-electron chi connectivity index (χ0n) is 11.4. The van der Waals surface area contributed by atoms with Crippen LogP contribution in [0.2, 0.25) is 0 Å². The highest BCUT2D eigenvalue weighted by Gasteiger charge is 2.26. The topological polar surface area (TPSA) is 97.1 Å². The third-order valence-corrected chi connectivity index (χ3v) is 3.70. The highest BCUT2D eigenvalue weighted by molar-refractivity contribution is 5.79. The number of nitrogens with zero attached hydrogens (tertiary/aromatic N) is 3. The monoisotopic (exact) mass is 288 g/mol. The van der Waals surface area contributed by atoms with Crippen molar-refractivity contribution in [1.82, 2.24) is 19.9 Å². The number of aliphatic hydroxyl groups excluding tert-OH is 1. The maximum absolute atomic E-state index is 12.2. The Morgan fingerprint density at radius 3 is 3.10 bits per heavy atom. The maximum Gasteiger partial charge on any atom is 0.263 e. The Labute approximate surface area is 120 Å². The first kappa shape index (κ1) is 13.8. The Morgan fingerprint density at radius 2 is 2.33 bits per heavy atom. The average Bonchev–Trinajstić information content (AvgIpc) is 2.87. The number of carbonyl (C=O) groups is 1. The number of ketones is 1. The van der Waals surface area contributed by atoms with Gasteiger partial charge in [0.2, 0.25) is 0 Å². The van der Waals surface area contributed by atoms with Crippen LogP contribution in [0.3, 0.4) is 0 Å². The summed E-state index contributed by atoms with van der Waals surface area (Å²) in [4.78, 5) is 32.4.